The Hall–Kier alpha value is -0.203. The molecule has 0 N–H and O–H groups in total. The molecule has 1 atom stereocenters. The monoisotopic (exact) mass is 158 g/mol. The van der Waals surface area contributed by atoms with E-state index in [1.54, 1.807) is 0 Å². The van der Waals surface area contributed by atoms with Crippen LogP contribution in [0.3, 0.4) is 0 Å². The Morgan fingerprint density at radius 2 is 2.33 bits per heavy atom. The lowest BCUT2D eigenvalue weighted by molar-refractivity contribution is 0.598. The van der Waals surface area contributed by atoms with Crippen LogP contribution < -0.4 is 4.43 Å². The molecule has 0 bridgehead atoms. The Kier molecular flexibility index (Phi) is 2.37. The van der Waals surface area contributed by atoms with E-state index >= 15 is 0 Å². The van der Waals surface area contributed by atoms with Crippen LogP contribution in [0.1, 0.15) is 0 Å². The highest BCUT2D eigenvalue weighted by molar-refractivity contribution is 7.32. The summed E-state index contributed by atoms with van der Waals surface area (Å²) in [5.41, 5.74) is 1.18. The average molecular weight is 158 g/mol. The van der Waals surface area contributed by atoms with Crippen molar-refractivity contribution in [3.8, 4) is 5.48 Å². The van der Waals surface area contributed by atoms with Gasteiger partial charge in [0.2, 0.25) is 9.04 Å². The Labute approximate surface area is 58.9 Å². The summed E-state index contributed by atoms with van der Waals surface area (Å²) in [6, 6.07) is 4.12. The molecule has 0 saturated heterocycles. The molecule has 3 heteroatoms. The second kappa shape index (κ2) is 3.09. The van der Waals surface area contributed by atoms with Gasteiger partial charge in [-0.1, -0.05) is 14.3 Å². The lowest BCUT2D eigenvalue weighted by atomic mass is 10.7. The molecule has 1 unspecified atom stereocenters. The van der Waals surface area contributed by atoms with Crippen molar-refractivity contribution in [2.24, 2.45) is 0 Å². The lowest BCUT2D eigenvalue weighted by Gasteiger charge is -2.04. The SMILES string of the molecule is C[SiH](C)Oc1ccc[pH]1. The van der Waals surface area contributed by atoms with Crippen LogP contribution in [0, 0.1) is 0 Å². The molecule has 0 saturated carbocycles. The topological polar surface area (TPSA) is 9.23 Å². The van der Waals surface area contributed by atoms with Crippen molar-refractivity contribution in [3.05, 3.63) is 17.9 Å². The van der Waals surface area contributed by atoms with E-state index in [0.29, 0.717) is 0 Å². The number of hydrogen-bond donors (Lipinski definition) is 0. The van der Waals surface area contributed by atoms with E-state index in [9.17, 15) is 0 Å². The minimum absolute atomic E-state index is 0.786. The van der Waals surface area contributed by atoms with Gasteiger partial charge < -0.3 is 4.43 Å². The maximum absolute atomic E-state index is 5.56. The van der Waals surface area contributed by atoms with E-state index in [0.717, 1.165) is 8.19 Å². The third kappa shape index (κ3) is 2.25. The van der Waals surface area contributed by atoms with Crippen molar-refractivity contribution in [2.45, 2.75) is 13.1 Å². The van der Waals surface area contributed by atoms with Gasteiger partial charge in [0.25, 0.3) is 0 Å². The molecule has 9 heavy (non-hydrogen) atoms. The summed E-state index contributed by atoms with van der Waals surface area (Å²) in [6.07, 6.45) is 0. The highest BCUT2D eigenvalue weighted by Crippen LogP contribution is 2.24. The largest absolute Gasteiger partial charge is 0.545 e. The highest BCUT2D eigenvalue weighted by atomic mass is 31.0. The zero-order valence-corrected chi connectivity index (χ0v) is 7.87. The van der Waals surface area contributed by atoms with E-state index < -0.39 is 9.04 Å². The Morgan fingerprint density at radius 3 is 2.78 bits per heavy atom. The zero-order valence-electron chi connectivity index (χ0n) is 5.72. The van der Waals surface area contributed by atoms with Crippen LogP contribution in [0.5, 0.6) is 5.48 Å². The number of rotatable bonds is 2. The fraction of sp³-hybridized carbons (Fsp3) is 0.333. The molecule has 1 aromatic heterocycles. The third-order valence-corrected chi connectivity index (χ3v) is 2.82. The van der Waals surface area contributed by atoms with Gasteiger partial charge in [-0.3, -0.25) is 0 Å². The van der Waals surface area contributed by atoms with Gasteiger partial charge in [-0.15, -0.1) is 0 Å². The molecule has 0 fully saturated rings. The molecule has 1 nitrogen and oxygen atoms in total. The maximum atomic E-state index is 5.56. The highest BCUT2D eigenvalue weighted by Gasteiger charge is 1.96. The molecule has 0 aromatic carbocycles. The van der Waals surface area contributed by atoms with E-state index in [4.69, 9.17) is 4.43 Å². The van der Waals surface area contributed by atoms with Gasteiger partial charge in [-0.25, -0.2) is 0 Å². The first kappa shape index (κ1) is 6.91. The normalized spacial score (nSPS) is 11.0. The molecular formula is C6H11OPSi. The predicted molar refractivity (Wildman–Crippen MR) is 45.4 cm³/mol. The van der Waals surface area contributed by atoms with E-state index in [-0.39, 0.29) is 0 Å². The minimum Gasteiger partial charge on any atom is -0.545 e. The second-order valence-corrected chi connectivity index (χ2v) is 5.65. The second-order valence-electron chi connectivity index (χ2n) is 2.20. The fourth-order valence-corrected chi connectivity index (χ4v) is 2.76. The molecule has 0 aliphatic carbocycles. The molecule has 0 spiro atoms. The summed E-state index contributed by atoms with van der Waals surface area (Å²) < 4.78 is 5.56. The molecule has 0 aliphatic heterocycles. The smallest absolute Gasteiger partial charge is 0.229 e. The van der Waals surface area contributed by atoms with E-state index in [1.165, 1.54) is 5.48 Å². The van der Waals surface area contributed by atoms with Crippen LogP contribution in [0.25, 0.3) is 0 Å². The van der Waals surface area contributed by atoms with Crippen molar-refractivity contribution in [2.75, 3.05) is 0 Å². The maximum Gasteiger partial charge on any atom is 0.229 e. The van der Waals surface area contributed by atoms with Crippen LogP contribution in [0.2, 0.25) is 13.1 Å². The standard InChI is InChI=1S/C6H11OPSi/c1-9(2)7-6-4-3-5-8-6/h3-5,8-9H,1-2H3. The average Bonchev–Trinajstić information content (AvgIpc) is 2.15. The summed E-state index contributed by atoms with van der Waals surface area (Å²) in [5.74, 6) is 2.14. The van der Waals surface area contributed by atoms with Crippen LogP contribution >= 0.6 is 8.19 Å². The minimum atomic E-state index is -0.825. The first-order valence-electron chi connectivity index (χ1n) is 3.09. The Bertz CT molecular complexity index is 160. The van der Waals surface area contributed by atoms with Crippen molar-refractivity contribution in [1.29, 1.82) is 0 Å². The van der Waals surface area contributed by atoms with Gasteiger partial charge >= 0.3 is 0 Å². The summed E-state index contributed by atoms with van der Waals surface area (Å²) in [7, 11) is -0.0394. The summed E-state index contributed by atoms with van der Waals surface area (Å²) in [4.78, 5) is 0. The van der Waals surface area contributed by atoms with Crippen molar-refractivity contribution >= 4 is 17.2 Å². The first-order valence-corrected chi connectivity index (χ1v) is 6.95. The summed E-state index contributed by atoms with van der Waals surface area (Å²) in [5, 5.41) is 0. The molecule has 0 aliphatic rings. The molecule has 50 valence electrons. The predicted octanol–water partition coefficient (Wildman–Crippen LogP) is 2.08. The molecule has 1 aromatic rings. The first-order chi connectivity index (χ1) is 4.29. The summed E-state index contributed by atoms with van der Waals surface area (Å²) >= 11 is 0. The molecular weight excluding hydrogens is 147 g/mol. The molecule has 1 rings (SSSR count). The van der Waals surface area contributed by atoms with Crippen molar-refractivity contribution in [3.63, 3.8) is 0 Å². The van der Waals surface area contributed by atoms with Crippen molar-refractivity contribution in [1.82, 2.24) is 0 Å². The Morgan fingerprint density at radius 1 is 1.56 bits per heavy atom. The molecule has 1 heterocycles. The van der Waals surface area contributed by atoms with Crippen molar-refractivity contribution < 1.29 is 4.43 Å². The lowest BCUT2D eigenvalue weighted by Crippen LogP contribution is -2.09. The quantitative estimate of drug-likeness (QED) is 0.599. The van der Waals surface area contributed by atoms with Gasteiger partial charge in [0, 0.05) is 0 Å². The van der Waals surface area contributed by atoms with Gasteiger partial charge in [0.15, 0.2) is 0 Å². The van der Waals surface area contributed by atoms with Gasteiger partial charge in [0.1, 0.15) is 5.48 Å². The summed E-state index contributed by atoms with van der Waals surface area (Å²) in [6.45, 7) is 4.37. The van der Waals surface area contributed by atoms with Crippen LogP contribution in [-0.2, 0) is 0 Å². The number of hydrogen-bond acceptors (Lipinski definition) is 1. The molecule has 0 amide bonds. The van der Waals surface area contributed by atoms with E-state index in [1.807, 2.05) is 0 Å². The molecule has 0 radical (unpaired) electrons. The van der Waals surface area contributed by atoms with E-state index in [2.05, 4.69) is 31.0 Å². The van der Waals surface area contributed by atoms with Gasteiger partial charge in [-0.05, 0) is 25.0 Å². The zero-order chi connectivity index (χ0) is 6.69. The van der Waals surface area contributed by atoms with Crippen LogP contribution in [0.4, 0.5) is 0 Å². The van der Waals surface area contributed by atoms with Crippen LogP contribution in [-0.4, -0.2) is 9.04 Å². The van der Waals surface area contributed by atoms with Crippen LogP contribution in [0.15, 0.2) is 17.9 Å². The van der Waals surface area contributed by atoms with Gasteiger partial charge in [-0.2, -0.15) is 0 Å². The van der Waals surface area contributed by atoms with Gasteiger partial charge in [0.05, 0.1) is 0 Å². The fourth-order valence-electron chi connectivity index (χ4n) is 0.641. The Balaban J connectivity index is 2.48. The third-order valence-electron chi connectivity index (χ3n) is 0.932.